The van der Waals surface area contributed by atoms with Crippen molar-refractivity contribution < 1.29 is 13.2 Å². The Balaban J connectivity index is 1.87. The van der Waals surface area contributed by atoms with Crippen LogP contribution in [-0.4, -0.2) is 26.3 Å². The summed E-state index contributed by atoms with van der Waals surface area (Å²) in [6.07, 6.45) is 0.0205. The maximum atomic E-state index is 12.9. The SMILES string of the molecule is CCNc1nc(Nc2ccnn2C2CC2)ncc1C(F)(F)F. The van der Waals surface area contributed by atoms with Crippen molar-refractivity contribution in [2.45, 2.75) is 32.0 Å². The van der Waals surface area contributed by atoms with Crippen LogP contribution in [-0.2, 0) is 6.18 Å². The summed E-state index contributed by atoms with van der Waals surface area (Å²) in [5.41, 5.74) is -0.879. The zero-order valence-electron chi connectivity index (χ0n) is 11.9. The van der Waals surface area contributed by atoms with Crippen molar-refractivity contribution in [3.8, 4) is 0 Å². The number of nitrogens with one attached hydrogen (secondary N) is 2. The predicted molar refractivity (Wildman–Crippen MR) is 75.0 cm³/mol. The zero-order chi connectivity index (χ0) is 15.7. The third kappa shape index (κ3) is 2.97. The van der Waals surface area contributed by atoms with Crippen LogP contribution in [0.2, 0.25) is 0 Å². The first-order valence-corrected chi connectivity index (χ1v) is 6.97. The van der Waals surface area contributed by atoms with Gasteiger partial charge in [0.1, 0.15) is 17.2 Å². The Bertz CT molecular complexity index is 662. The van der Waals surface area contributed by atoms with Gasteiger partial charge in [-0.15, -0.1) is 0 Å². The highest BCUT2D eigenvalue weighted by Crippen LogP contribution is 2.37. The fourth-order valence-corrected chi connectivity index (χ4v) is 2.09. The Morgan fingerprint density at radius 1 is 1.36 bits per heavy atom. The molecular formula is C13H15F3N6. The highest BCUT2D eigenvalue weighted by molar-refractivity contribution is 5.54. The van der Waals surface area contributed by atoms with Gasteiger partial charge in [-0.3, -0.25) is 0 Å². The molecule has 1 fully saturated rings. The van der Waals surface area contributed by atoms with E-state index in [2.05, 4.69) is 25.7 Å². The van der Waals surface area contributed by atoms with Gasteiger partial charge < -0.3 is 10.6 Å². The van der Waals surface area contributed by atoms with Gasteiger partial charge >= 0.3 is 6.18 Å². The molecule has 2 N–H and O–H groups in total. The second-order valence-electron chi connectivity index (χ2n) is 5.00. The van der Waals surface area contributed by atoms with Gasteiger partial charge in [-0.2, -0.15) is 23.3 Å². The largest absolute Gasteiger partial charge is 0.421 e. The summed E-state index contributed by atoms with van der Waals surface area (Å²) in [6.45, 7) is 2.04. The summed E-state index contributed by atoms with van der Waals surface area (Å²) >= 11 is 0. The monoisotopic (exact) mass is 312 g/mol. The fraction of sp³-hybridized carbons (Fsp3) is 0.462. The quantitative estimate of drug-likeness (QED) is 0.887. The number of rotatable bonds is 5. The van der Waals surface area contributed by atoms with Crippen LogP contribution in [0.15, 0.2) is 18.5 Å². The van der Waals surface area contributed by atoms with Crippen molar-refractivity contribution in [3.63, 3.8) is 0 Å². The lowest BCUT2D eigenvalue weighted by Gasteiger charge is -2.14. The molecule has 2 aromatic rings. The van der Waals surface area contributed by atoms with Gasteiger partial charge in [0.25, 0.3) is 0 Å². The molecule has 0 spiro atoms. The maximum Gasteiger partial charge on any atom is 0.421 e. The van der Waals surface area contributed by atoms with Gasteiger partial charge in [-0.05, 0) is 19.8 Å². The number of hydrogen-bond donors (Lipinski definition) is 2. The number of anilines is 3. The van der Waals surface area contributed by atoms with Gasteiger partial charge in [0.2, 0.25) is 5.95 Å². The van der Waals surface area contributed by atoms with E-state index in [-0.39, 0.29) is 11.8 Å². The molecule has 0 atom stereocenters. The summed E-state index contributed by atoms with van der Waals surface area (Å²) in [4.78, 5) is 7.69. The molecule has 0 saturated heterocycles. The molecule has 0 bridgehead atoms. The van der Waals surface area contributed by atoms with Crippen LogP contribution >= 0.6 is 0 Å². The summed E-state index contributed by atoms with van der Waals surface area (Å²) < 4.78 is 40.5. The minimum atomic E-state index is -4.49. The van der Waals surface area contributed by atoms with E-state index in [0.717, 1.165) is 19.0 Å². The van der Waals surface area contributed by atoms with Crippen LogP contribution in [0.5, 0.6) is 0 Å². The summed E-state index contributed by atoms with van der Waals surface area (Å²) in [7, 11) is 0. The van der Waals surface area contributed by atoms with Crippen LogP contribution < -0.4 is 10.6 Å². The topological polar surface area (TPSA) is 67.7 Å². The van der Waals surface area contributed by atoms with E-state index in [1.54, 1.807) is 23.9 Å². The van der Waals surface area contributed by atoms with Crippen LogP contribution in [0.4, 0.5) is 30.8 Å². The van der Waals surface area contributed by atoms with Crippen LogP contribution in [0.25, 0.3) is 0 Å². The smallest absolute Gasteiger partial charge is 0.370 e. The molecule has 1 aliphatic rings. The average molecular weight is 312 g/mol. The molecule has 2 aromatic heterocycles. The Morgan fingerprint density at radius 3 is 2.77 bits per heavy atom. The van der Waals surface area contributed by atoms with E-state index in [4.69, 9.17) is 0 Å². The third-order valence-corrected chi connectivity index (χ3v) is 3.24. The van der Waals surface area contributed by atoms with E-state index in [0.29, 0.717) is 18.4 Å². The number of halogens is 3. The molecule has 2 heterocycles. The lowest BCUT2D eigenvalue weighted by Crippen LogP contribution is -2.14. The Hall–Kier alpha value is -2.32. The standard InChI is InChI=1S/C13H15F3N6/c1-2-17-11-9(13(14,15)16)7-18-12(21-11)20-10-5-6-19-22(10)8-3-4-8/h5-8H,2-4H2,1H3,(H2,17,18,20,21). The molecule has 1 aliphatic carbocycles. The number of nitrogens with zero attached hydrogens (tertiary/aromatic N) is 4. The van der Waals surface area contributed by atoms with E-state index >= 15 is 0 Å². The zero-order valence-corrected chi connectivity index (χ0v) is 11.9. The van der Waals surface area contributed by atoms with Gasteiger partial charge in [0.15, 0.2) is 0 Å². The molecule has 0 aromatic carbocycles. The highest BCUT2D eigenvalue weighted by atomic mass is 19.4. The minimum Gasteiger partial charge on any atom is -0.370 e. The van der Waals surface area contributed by atoms with E-state index in [9.17, 15) is 13.2 Å². The molecule has 9 heteroatoms. The molecule has 1 saturated carbocycles. The maximum absolute atomic E-state index is 12.9. The average Bonchev–Trinajstić information content (AvgIpc) is 3.19. The number of hydrogen-bond acceptors (Lipinski definition) is 5. The second-order valence-corrected chi connectivity index (χ2v) is 5.00. The van der Waals surface area contributed by atoms with Crippen molar-refractivity contribution in [2.75, 3.05) is 17.2 Å². The first kappa shape index (κ1) is 14.6. The molecule has 3 rings (SSSR count). The molecule has 118 valence electrons. The predicted octanol–water partition coefficient (Wildman–Crippen LogP) is 3.20. The molecule has 0 radical (unpaired) electrons. The van der Waals surface area contributed by atoms with Gasteiger partial charge in [-0.1, -0.05) is 0 Å². The van der Waals surface area contributed by atoms with Gasteiger partial charge in [0, 0.05) is 18.8 Å². The van der Waals surface area contributed by atoms with E-state index in [1.165, 1.54) is 0 Å². The molecule has 6 nitrogen and oxygen atoms in total. The number of alkyl halides is 3. The molecular weight excluding hydrogens is 297 g/mol. The first-order valence-electron chi connectivity index (χ1n) is 6.97. The van der Waals surface area contributed by atoms with E-state index < -0.39 is 11.7 Å². The molecule has 0 amide bonds. The summed E-state index contributed by atoms with van der Waals surface area (Å²) in [6, 6.07) is 2.09. The molecule has 0 unspecified atom stereocenters. The fourth-order valence-electron chi connectivity index (χ4n) is 2.09. The normalized spacial score (nSPS) is 14.9. The van der Waals surface area contributed by atoms with Crippen molar-refractivity contribution in [3.05, 3.63) is 24.0 Å². The summed E-state index contributed by atoms with van der Waals surface area (Å²) in [5, 5.41) is 9.73. The summed E-state index contributed by atoms with van der Waals surface area (Å²) in [5.74, 6) is 0.543. The van der Waals surface area contributed by atoms with Crippen LogP contribution in [0.1, 0.15) is 31.4 Å². The Labute approximate surface area is 124 Å². The van der Waals surface area contributed by atoms with Crippen molar-refractivity contribution in [2.24, 2.45) is 0 Å². The van der Waals surface area contributed by atoms with Crippen LogP contribution in [0.3, 0.4) is 0 Å². The lowest BCUT2D eigenvalue weighted by molar-refractivity contribution is -0.137. The van der Waals surface area contributed by atoms with E-state index in [1.807, 2.05) is 0 Å². The highest BCUT2D eigenvalue weighted by Gasteiger charge is 2.35. The molecule has 22 heavy (non-hydrogen) atoms. The van der Waals surface area contributed by atoms with Crippen molar-refractivity contribution in [1.82, 2.24) is 19.7 Å². The minimum absolute atomic E-state index is 0.103. The number of aromatic nitrogens is 4. The van der Waals surface area contributed by atoms with Crippen molar-refractivity contribution in [1.29, 1.82) is 0 Å². The molecule has 0 aliphatic heterocycles. The van der Waals surface area contributed by atoms with Crippen molar-refractivity contribution >= 4 is 17.6 Å². The third-order valence-electron chi connectivity index (χ3n) is 3.24. The van der Waals surface area contributed by atoms with Crippen LogP contribution in [0, 0.1) is 0 Å². The van der Waals surface area contributed by atoms with Gasteiger partial charge in [0.05, 0.1) is 12.2 Å². The Morgan fingerprint density at radius 2 is 2.14 bits per heavy atom. The first-order chi connectivity index (χ1) is 10.5. The Kier molecular flexibility index (Phi) is 3.63. The van der Waals surface area contributed by atoms with Gasteiger partial charge in [-0.25, -0.2) is 9.67 Å². The second kappa shape index (κ2) is 5.47. The lowest BCUT2D eigenvalue weighted by atomic mass is 10.3.